The van der Waals surface area contributed by atoms with Gasteiger partial charge in [0.05, 0.1) is 35.5 Å². The minimum Gasteiger partial charge on any atom is -0.472 e. The molecule has 3 rings (SSSR count). The van der Waals surface area contributed by atoms with Gasteiger partial charge >= 0.3 is 0 Å². The summed E-state index contributed by atoms with van der Waals surface area (Å²) >= 11 is 12.1. The molecule has 3 aromatic rings. The Kier molecular flexibility index (Phi) is 3.02. The normalized spacial score (nSPS) is 11.2. The molecule has 0 radical (unpaired) electrons. The van der Waals surface area contributed by atoms with Crippen LogP contribution in [0.1, 0.15) is 11.4 Å². The van der Waals surface area contributed by atoms with Gasteiger partial charge in [0, 0.05) is 5.56 Å². The lowest BCUT2D eigenvalue weighted by atomic mass is 10.3. The van der Waals surface area contributed by atoms with Crippen LogP contribution in [-0.2, 0) is 12.4 Å². The van der Waals surface area contributed by atoms with Gasteiger partial charge in [0.15, 0.2) is 0 Å². The van der Waals surface area contributed by atoms with E-state index in [0.29, 0.717) is 17.4 Å². The molecular weight excluding hydrogens is 271 g/mol. The molecule has 0 aliphatic heterocycles. The molecular formula is C13H10Cl2N2O. The van der Waals surface area contributed by atoms with Crippen LogP contribution in [0.3, 0.4) is 0 Å². The Morgan fingerprint density at radius 1 is 1.28 bits per heavy atom. The summed E-state index contributed by atoms with van der Waals surface area (Å²) in [6.45, 7) is 0.676. The molecule has 3 nitrogen and oxygen atoms in total. The van der Waals surface area contributed by atoms with Crippen molar-refractivity contribution in [2.45, 2.75) is 12.4 Å². The number of hydrogen-bond donors (Lipinski definition) is 0. The van der Waals surface area contributed by atoms with Crippen LogP contribution in [0.5, 0.6) is 0 Å². The second-order valence-corrected chi connectivity index (χ2v) is 4.66. The second-order valence-electron chi connectivity index (χ2n) is 3.99. The molecule has 18 heavy (non-hydrogen) atoms. The third-order valence-corrected chi connectivity index (χ3v) is 3.39. The Labute approximate surface area is 114 Å². The highest BCUT2D eigenvalue weighted by molar-refractivity contribution is 6.35. The summed E-state index contributed by atoms with van der Waals surface area (Å²) in [4.78, 5) is 4.48. The van der Waals surface area contributed by atoms with Crippen LogP contribution in [0, 0.1) is 0 Å². The highest BCUT2D eigenvalue weighted by Crippen LogP contribution is 2.25. The lowest BCUT2D eigenvalue weighted by Crippen LogP contribution is -2.02. The Hall–Kier alpha value is -1.45. The Bertz CT molecular complexity index is 674. The number of imidazole rings is 1. The van der Waals surface area contributed by atoms with Crippen LogP contribution in [0.4, 0.5) is 0 Å². The predicted molar refractivity (Wildman–Crippen MR) is 72.1 cm³/mol. The maximum atomic E-state index is 6.14. The Balaban J connectivity index is 2.17. The van der Waals surface area contributed by atoms with Gasteiger partial charge in [-0.25, -0.2) is 4.98 Å². The van der Waals surface area contributed by atoms with Crippen molar-refractivity contribution in [2.24, 2.45) is 0 Å². The van der Waals surface area contributed by atoms with E-state index in [9.17, 15) is 0 Å². The number of alkyl halides is 1. The molecule has 0 N–H and O–H groups in total. The van der Waals surface area contributed by atoms with Crippen LogP contribution >= 0.6 is 23.2 Å². The zero-order valence-electron chi connectivity index (χ0n) is 9.44. The lowest BCUT2D eigenvalue weighted by molar-refractivity contribution is 0.562. The van der Waals surface area contributed by atoms with Crippen LogP contribution < -0.4 is 0 Å². The first-order valence-corrected chi connectivity index (χ1v) is 6.41. The molecule has 2 heterocycles. The van der Waals surface area contributed by atoms with Crippen molar-refractivity contribution in [3.05, 3.63) is 53.2 Å². The van der Waals surface area contributed by atoms with Gasteiger partial charge < -0.3 is 8.98 Å². The molecule has 0 bridgehead atoms. The fourth-order valence-electron chi connectivity index (χ4n) is 2.00. The summed E-state index contributed by atoms with van der Waals surface area (Å²) in [5.41, 5.74) is 2.85. The van der Waals surface area contributed by atoms with E-state index in [1.54, 1.807) is 12.5 Å². The predicted octanol–water partition coefficient (Wildman–Crippen LogP) is 4.07. The van der Waals surface area contributed by atoms with Crippen molar-refractivity contribution in [3.63, 3.8) is 0 Å². The van der Waals surface area contributed by atoms with Crippen molar-refractivity contribution < 1.29 is 4.42 Å². The number of benzene rings is 1. The molecule has 0 spiro atoms. The third kappa shape index (κ3) is 1.89. The van der Waals surface area contributed by atoms with Crippen molar-refractivity contribution in [1.29, 1.82) is 0 Å². The monoisotopic (exact) mass is 280 g/mol. The van der Waals surface area contributed by atoms with E-state index in [1.165, 1.54) is 0 Å². The number of hydrogen-bond acceptors (Lipinski definition) is 2. The van der Waals surface area contributed by atoms with E-state index in [2.05, 4.69) is 9.55 Å². The highest BCUT2D eigenvalue weighted by Gasteiger charge is 2.12. The molecule has 0 saturated heterocycles. The van der Waals surface area contributed by atoms with Crippen molar-refractivity contribution in [2.75, 3.05) is 0 Å². The standard InChI is InChI=1S/C13H10Cl2N2O/c14-6-12-16-13-10(15)2-1-3-11(13)17(12)7-9-4-5-18-8-9/h1-5,8H,6-7H2. The maximum Gasteiger partial charge on any atom is 0.125 e. The van der Waals surface area contributed by atoms with Crippen molar-refractivity contribution in [3.8, 4) is 0 Å². The molecule has 0 aliphatic rings. The van der Waals surface area contributed by atoms with E-state index >= 15 is 0 Å². The van der Waals surface area contributed by atoms with Gasteiger partial charge in [-0.05, 0) is 18.2 Å². The first-order valence-electron chi connectivity index (χ1n) is 5.50. The van der Waals surface area contributed by atoms with Gasteiger partial charge in [-0.2, -0.15) is 0 Å². The smallest absolute Gasteiger partial charge is 0.125 e. The SMILES string of the molecule is ClCc1nc2c(Cl)cccc2n1Cc1ccoc1. The number of nitrogens with zero attached hydrogens (tertiary/aromatic N) is 2. The van der Waals surface area contributed by atoms with Gasteiger partial charge in [0.25, 0.3) is 0 Å². The number of para-hydroxylation sites is 1. The summed E-state index contributed by atoms with van der Waals surface area (Å²) in [5.74, 6) is 1.16. The molecule has 5 heteroatoms. The third-order valence-electron chi connectivity index (χ3n) is 2.85. The topological polar surface area (TPSA) is 31.0 Å². The molecule has 0 atom stereocenters. The summed E-state index contributed by atoms with van der Waals surface area (Å²) in [5, 5.41) is 0.643. The van der Waals surface area contributed by atoms with Crippen LogP contribution in [0.2, 0.25) is 5.02 Å². The molecule has 0 unspecified atom stereocenters. The molecule has 1 aromatic carbocycles. The molecule has 0 saturated carbocycles. The largest absolute Gasteiger partial charge is 0.472 e. The van der Waals surface area contributed by atoms with E-state index in [1.807, 2.05) is 24.3 Å². The Morgan fingerprint density at radius 2 is 2.17 bits per heavy atom. The van der Waals surface area contributed by atoms with Gasteiger partial charge in [-0.15, -0.1) is 11.6 Å². The van der Waals surface area contributed by atoms with Gasteiger partial charge in [-0.3, -0.25) is 0 Å². The molecule has 0 fully saturated rings. The quantitative estimate of drug-likeness (QED) is 0.677. The van der Waals surface area contributed by atoms with Crippen LogP contribution in [0.15, 0.2) is 41.2 Å². The number of halogens is 2. The average Bonchev–Trinajstić information content (AvgIpc) is 2.99. The number of aromatic nitrogens is 2. The lowest BCUT2D eigenvalue weighted by Gasteiger charge is -2.05. The molecule has 2 aromatic heterocycles. The van der Waals surface area contributed by atoms with Crippen molar-refractivity contribution >= 4 is 34.2 Å². The van der Waals surface area contributed by atoms with Crippen molar-refractivity contribution in [1.82, 2.24) is 9.55 Å². The number of furan rings is 1. The Morgan fingerprint density at radius 3 is 2.89 bits per heavy atom. The van der Waals surface area contributed by atoms with Crippen LogP contribution in [0.25, 0.3) is 11.0 Å². The minimum atomic E-state index is 0.350. The zero-order valence-corrected chi connectivity index (χ0v) is 10.9. The zero-order chi connectivity index (χ0) is 12.5. The number of rotatable bonds is 3. The molecule has 92 valence electrons. The first kappa shape index (κ1) is 11.6. The summed E-state index contributed by atoms with van der Waals surface area (Å²) < 4.78 is 7.13. The van der Waals surface area contributed by atoms with E-state index in [0.717, 1.165) is 22.4 Å². The first-order chi connectivity index (χ1) is 8.79. The van der Waals surface area contributed by atoms with E-state index in [4.69, 9.17) is 27.6 Å². The van der Waals surface area contributed by atoms with Gasteiger partial charge in [0.1, 0.15) is 11.3 Å². The molecule has 0 aliphatic carbocycles. The fourth-order valence-corrected chi connectivity index (χ4v) is 2.42. The molecule has 0 amide bonds. The fraction of sp³-hybridized carbons (Fsp3) is 0.154. The highest BCUT2D eigenvalue weighted by atomic mass is 35.5. The second kappa shape index (κ2) is 4.67. The summed E-state index contributed by atoms with van der Waals surface area (Å²) in [6.07, 6.45) is 3.37. The van der Waals surface area contributed by atoms with Gasteiger partial charge in [-0.1, -0.05) is 17.7 Å². The number of fused-ring (bicyclic) bond motifs is 1. The van der Waals surface area contributed by atoms with Gasteiger partial charge in [0.2, 0.25) is 0 Å². The minimum absolute atomic E-state index is 0.350. The summed E-state index contributed by atoms with van der Waals surface area (Å²) in [6, 6.07) is 7.66. The van der Waals surface area contributed by atoms with Crippen LogP contribution in [-0.4, -0.2) is 9.55 Å². The summed E-state index contributed by atoms with van der Waals surface area (Å²) in [7, 11) is 0. The maximum absolute atomic E-state index is 6.14. The van der Waals surface area contributed by atoms with E-state index < -0.39 is 0 Å². The average molecular weight is 281 g/mol. The van der Waals surface area contributed by atoms with E-state index in [-0.39, 0.29) is 0 Å².